The highest BCUT2D eigenvalue weighted by atomic mass is 16.2. The van der Waals surface area contributed by atoms with Gasteiger partial charge in [-0.1, -0.05) is 26.0 Å². The van der Waals surface area contributed by atoms with Gasteiger partial charge < -0.3 is 15.5 Å². The summed E-state index contributed by atoms with van der Waals surface area (Å²) in [7, 11) is 0. The third-order valence-electron chi connectivity index (χ3n) is 4.22. The topological polar surface area (TPSA) is 61.4 Å². The Balaban J connectivity index is 1.92. The maximum atomic E-state index is 12.4. The minimum absolute atomic E-state index is 0.0670. The summed E-state index contributed by atoms with van der Waals surface area (Å²) in [5.41, 5.74) is 2.00. The van der Waals surface area contributed by atoms with E-state index in [1.165, 1.54) is 5.56 Å². The molecule has 5 heteroatoms. The average molecular weight is 317 g/mol. The second kappa shape index (κ2) is 8.56. The first kappa shape index (κ1) is 17.3. The lowest BCUT2D eigenvalue weighted by Crippen LogP contribution is -2.47. The van der Waals surface area contributed by atoms with E-state index in [1.807, 2.05) is 31.2 Å². The first-order chi connectivity index (χ1) is 11.1. The number of anilines is 1. The Morgan fingerprint density at radius 2 is 2.13 bits per heavy atom. The normalized spacial score (nSPS) is 17.7. The van der Waals surface area contributed by atoms with Gasteiger partial charge in [0.05, 0.1) is 5.92 Å². The van der Waals surface area contributed by atoms with E-state index in [-0.39, 0.29) is 17.9 Å². The van der Waals surface area contributed by atoms with E-state index in [0.29, 0.717) is 19.6 Å². The van der Waals surface area contributed by atoms with Crippen molar-refractivity contribution < 1.29 is 9.59 Å². The number of carbonyl (C=O) groups excluding carboxylic acids is 2. The monoisotopic (exact) mass is 317 g/mol. The Bertz CT molecular complexity index is 545. The van der Waals surface area contributed by atoms with Crippen molar-refractivity contribution in [3.8, 4) is 0 Å². The third-order valence-corrected chi connectivity index (χ3v) is 4.22. The van der Waals surface area contributed by atoms with E-state index in [4.69, 9.17) is 0 Å². The zero-order valence-corrected chi connectivity index (χ0v) is 14.1. The molecule has 5 nitrogen and oxygen atoms in total. The summed E-state index contributed by atoms with van der Waals surface area (Å²) in [6.07, 6.45) is 3.58. The van der Waals surface area contributed by atoms with Gasteiger partial charge in [-0.05, 0) is 43.4 Å². The van der Waals surface area contributed by atoms with Crippen LogP contribution in [0.5, 0.6) is 0 Å². The molecule has 126 valence electrons. The fourth-order valence-corrected chi connectivity index (χ4v) is 2.84. The number of carbonyl (C=O) groups is 2. The van der Waals surface area contributed by atoms with Gasteiger partial charge in [0, 0.05) is 25.3 Å². The Morgan fingerprint density at radius 1 is 1.30 bits per heavy atom. The molecule has 0 spiro atoms. The third kappa shape index (κ3) is 4.98. The molecule has 0 radical (unpaired) electrons. The number of likely N-dealkylation sites (tertiary alicyclic amines) is 1. The molecule has 1 fully saturated rings. The molecular weight excluding hydrogens is 290 g/mol. The van der Waals surface area contributed by atoms with Crippen LogP contribution in [-0.2, 0) is 11.2 Å². The van der Waals surface area contributed by atoms with Gasteiger partial charge in [0.15, 0.2) is 0 Å². The summed E-state index contributed by atoms with van der Waals surface area (Å²) in [5.74, 6) is -0.0274. The first-order valence-electron chi connectivity index (χ1n) is 8.56. The van der Waals surface area contributed by atoms with Crippen molar-refractivity contribution in [2.75, 3.05) is 25.0 Å². The highest BCUT2D eigenvalue weighted by molar-refractivity contribution is 5.90. The second-order valence-electron chi connectivity index (χ2n) is 6.06. The summed E-state index contributed by atoms with van der Waals surface area (Å²) in [4.78, 5) is 26.3. The Hall–Kier alpha value is -2.04. The Morgan fingerprint density at radius 3 is 2.87 bits per heavy atom. The Kier molecular flexibility index (Phi) is 6.44. The summed E-state index contributed by atoms with van der Waals surface area (Å²) < 4.78 is 0. The molecule has 1 heterocycles. The summed E-state index contributed by atoms with van der Waals surface area (Å²) in [6, 6.07) is 7.77. The van der Waals surface area contributed by atoms with Gasteiger partial charge in [-0.15, -0.1) is 0 Å². The number of benzene rings is 1. The van der Waals surface area contributed by atoms with Gasteiger partial charge in [-0.25, -0.2) is 4.79 Å². The minimum atomic E-state index is -0.119. The Labute approximate surface area is 138 Å². The average Bonchev–Trinajstić information content (AvgIpc) is 2.59. The van der Waals surface area contributed by atoms with Crippen LogP contribution in [0.3, 0.4) is 0 Å². The smallest absolute Gasteiger partial charge is 0.321 e. The van der Waals surface area contributed by atoms with Gasteiger partial charge in [0.2, 0.25) is 5.91 Å². The first-order valence-corrected chi connectivity index (χ1v) is 8.56. The molecule has 2 rings (SSSR count). The lowest BCUT2D eigenvalue weighted by molar-refractivity contribution is -0.126. The fourth-order valence-electron chi connectivity index (χ4n) is 2.84. The van der Waals surface area contributed by atoms with Crippen molar-refractivity contribution in [2.45, 2.75) is 39.5 Å². The van der Waals surface area contributed by atoms with Crippen LogP contribution in [0, 0.1) is 5.92 Å². The van der Waals surface area contributed by atoms with Gasteiger partial charge in [-0.3, -0.25) is 4.79 Å². The molecule has 3 amide bonds. The van der Waals surface area contributed by atoms with Gasteiger partial charge in [0.1, 0.15) is 0 Å². The zero-order chi connectivity index (χ0) is 16.7. The molecule has 2 N–H and O–H groups in total. The second-order valence-corrected chi connectivity index (χ2v) is 6.06. The maximum Gasteiger partial charge on any atom is 0.321 e. The number of urea groups is 1. The molecule has 0 saturated carbocycles. The molecule has 23 heavy (non-hydrogen) atoms. The van der Waals surface area contributed by atoms with Crippen molar-refractivity contribution in [2.24, 2.45) is 5.92 Å². The number of piperidine rings is 1. The number of nitrogens with one attached hydrogen (secondary N) is 2. The molecule has 1 aliphatic heterocycles. The number of hydrogen-bond acceptors (Lipinski definition) is 2. The van der Waals surface area contributed by atoms with E-state index in [0.717, 1.165) is 31.4 Å². The SMILES string of the molecule is CCCNC(=O)[C@@H]1CCCN(C(=O)Nc2cccc(CC)c2)C1. The number of amides is 3. The molecule has 0 aromatic heterocycles. The highest BCUT2D eigenvalue weighted by Crippen LogP contribution is 2.18. The van der Waals surface area contributed by atoms with Crippen molar-refractivity contribution in [1.29, 1.82) is 0 Å². The van der Waals surface area contributed by atoms with E-state index in [2.05, 4.69) is 17.6 Å². The van der Waals surface area contributed by atoms with Crippen LogP contribution in [0.15, 0.2) is 24.3 Å². The predicted octanol–water partition coefficient (Wildman–Crippen LogP) is 3.02. The summed E-state index contributed by atoms with van der Waals surface area (Å²) in [6.45, 7) is 6.02. The highest BCUT2D eigenvalue weighted by Gasteiger charge is 2.28. The zero-order valence-electron chi connectivity index (χ0n) is 14.1. The van der Waals surface area contributed by atoms with Crippen LogP contribution in [0.4, 0.5) is 10.5 Å². The lowest BCUT2D eigenvalue weighted by Gasteiger charge is -2.32. The molecule has 0 aliphatic carbocycles. The van der Waals surface area contributed by atoms with Crippen LogP contribution >= 0.6 is 0 Å². The van der Waals surface area contributed by atoms with E-state index >= 15 is 0 Å². The number of rotatable bonds is 5. The molecule has 1 saturated heterocycles. The molecule has 1 aromatic rings. The quantitative estimate of drug-likeness (QED) is 0.877. The maximum absolute atomic E-state index is 12.4. The van der Waals surface area contributed by atoms with Crippen molar-refractivity contribution in [3.05, 3.63) is 29.8 Å². The van der Waals surface area contributed by atoms with Crippen LogP contribution < -0.4 is 10.6 Å². The fraction of sp³-hybridized carbons (Fsp3) is 0.556. The molecule has 1 aromatic carbocycles. The van der Waals surface area contributed by atoms with Crippen molar-refractivity contribution in [1.82, 2.24) is 10.2 Å². The van der Waals surface area contributed by atoms with Crippen LogP contribution in [0.25, 0.3) is 0 Å². The molecule has 0 bridgehead atoms. The molecule has 1 aliphatic rings. The van der Waals surface area contributed by atoms with Gasteiger partial charge in [0.25, 0.3) is 0 Å². The van der Waals surface area contributed by atoms with Crippen molar-refractivity contribution >= 4 is 17.6 Å². The summed E-state index contributed by atoms with van der Waals surface area (Å²) >= 11 is 0. The number of aryl methyl sites for hydroxylation is 1. The van der Waals surface area contributed by atoms with Crippen molar-refractivity contribution in [3.63, 3.8) is 0 Å². The van der Waals surface area contributed by atoms with E-state index < -0.39 is 0 Å². The van der Waals surface area contributed by atoms with Crippen LogP contribution in [0.1, 0.15) is 38.7 Å². The molecular formula is C18H27N3O2. The molecule has 0 unspecified atom stereocenters. The molecule has 1 atom stereocenters. The van der Waals surface area contributed by atoms with E-state index in [9.17, 15) is 9.59 Å². The lowest BCUT2D eigenvalue weighted by atomic mass is 9.97. The van der Waals surface area contributed by atoms with Gasteiger partial charge in [-0.2, -0.15) is 0 Å². The summed E-state index contributed by atoms with van der Waals surface area (Å²) in [5, 5.41) is 5.87. The van der Waals surface area contributed by atoms with Crippen LogP contribution in [0.2, 0.25) is 0 Å². The van der Waals surface area contributed by atoms with Gasteiger partial charge >= 0.3 is 6.03 Å². The number of nitrogens with zero attached hydrogens (tertiary/aromatic N) is 1. The standard InChI is InChI=1S/C18H27N3O2/c1-3-10-19-17(22)15-8-6-11-21(13-15)18(23)20-16-9-5-7-14(4-2)12-16/h5,7,9,12,15H,3-4,6,8,10-11,13H2,1-2H3,(H,19,22)(H,20,23)/t15-/m1/s1. The number of hydrogen-bond donors (Lipinski definition) is 2. The minimum Gasteiger partial charge on any atom is -0.356 e. The predicted molar refractivity (Wildman–Crippen MR) is 92.4 cm³/mol. The van der Waals surface area contributed by atoms with Crippen LogP contribution in [-0.4, -0.2) is 36.5 Å². The largest absolute Gasteiger partial charge is 0.356 e. The van der Waals surface area contributed by atoms with E-state index in [1.54, 1.807) is 4.90 Å².